The summed E-state index contributed by atoms with van der Waals surface area (Å²) in [5.74, 6) is -4.56. The van der Waals surface area contributed by atoms with Crippen molar-refractivity contribution in [2.24, 2.45) is 10.7 Å². The zero-order valence-electron chi connectivity index (χ0n) is 14.0. The number of nitrogens with two attached hydrogens (primary N) is 1. The monoisotopic (exact) mass is 407 g/mol. The highest BCUT2D eigenvalue weighted by Gasteiger charge is 2.24. The van der Waals surface area contributed by atoms with Gasteiger partial charge in [-0.1, -0.05) is 12.1 Å². The summed E-state index contributed by atoms with van der Waals surface area (Å²) in [5, 5.41) is 2.02. The number of carbonyl (C=O) groups excluding carboxylic acids is 2. The van der Waals surface area contributed by atoms with Gasteiger partial charge in [0.1, 0.15) is 11.6 Å². The van der Waals surface area contributed by atoms with Gasteiger partial charge in [0.2, 0.25) is 0 Å². The fourth-order valence-corrected chi connectivity index (χ4v) is 2.98. The molecule has 0 radical (unpaired) electrons. The number of hydrogen-bond acceptors (Lipinski definition) is 5. The van der Waals surface area contributed by atoms with Crippen LogP contribution in [0.3, 0.4) is 0 Å². The Labute approximate surface area is 161 Å². The normalized spacial score (nSPS) is 16.5. The number of carbonyl (C=O) groups is 2. The molecule has 1 aliphatic heterocycles. The third kappa shape index (κ3) is 4.71. The Morgan fingerprint density at radius 1 is 1.21 bits per heavy atom. The van der Waals surface area contributed by atoms with Crippen LogP contribution in [0.15, 0.2) is 46.3 Å². The van der Waals surface area contributed by atoms with Crippen molar-refractivity contribution in [3.63, 3.8) is 0 Å². The molecule has 0 bridgehead atoms. The molecule has 0 saturated carbocycles. The number of rotatable bonds is 5. The number of halogens is 3. The molecule has 2 aromatic rings. The summed E-state index contributed by atoms with van der Waals surface area (Å²) in [4.78, 5) is 26.9. The molecule has 1 aliphatic rings. The summed E-state index contributed by atoms with van der Waals surface area (Å²) in [6.45, 7) is -0.288. The summed E-state index contributed by atoms with van der Waals surface area (Å²) >= 11 is 0.827. The van der Waals surface area contributed by atoms with E-state index in [1.807, 2.05) is 0 Å². The van der Waals surface area contributed by atoms with E-state index in [1.54, 1.807) is 30.3 Å². The minimum atomic E-state index is -1.60. The van der Waals surface area contributed by atoms with Crippen molar-refractivity contribution in [2.45, 2.75) is 0 Å². The number of aliphatic imine (C=N–C) groups is 1. The molecule has 0 aliphatic carbocycles. The van der Waals surface area contributed by atoms with E-state index in [2.05, 4.69) is 10.3 Å². The minimum absolute atomic E-state index is 0.0591. The average Bonchev–Trinajstić information content (AvgIpc) is 2.97. The van der Waals surface area contributed by atoms with Crippen molar-refractivity contribution in [1.29, 1.82) is 0 Å². The van der Waals surface area contributed by atoms with Crippen molar-refractivity contribution in [1.82, 2.24) is 5.32 Å². The SMILES string of the molecule is NC(=O)COc1cccc(/C=C2\SC(=O)NC2=Nc2cc(F)c(F)c(F)c2)c1. The molecule has 0 atom stereocenters. The van der Waals surface area contributed by atoms with Gasteiger partial charge in [-0.3, -0.25) is 9.59 Å². The molecule has 144 valence electrons. The topological polar surface area (TPSA) is 93.8 Å². The van der Waals surface area contributed by atoms with E-state index >= 15 is 0 Å². The van der Waals surface area contributed by atoms with E-state index in [1.165, 1.54) is 0 Å². The molecule has 0 aromatic heterocycles. The first-order valence-corrected chi connectivity index (χ1v) is 8.59. The molecule has 0 unspecified atom stereocenters. The van der Waals surface area contributed by atoms with Crippen LogP contribution in [-0.4, -0.2) is 23.6 Å². The van der Waals surface area contributed by atoms with Crippen molar-refractivity contribution < 1.29 is 27.5 Å². The van der Waals surface area contributed by atoms with E-state index in [0.29, 0.717) is 16.2 Å². The number of benzene rings is 2. The number of nitrogens with zero attached hydrogens (tertiary/aromatic N) is 1. The Balaban J connectivity index is 1.91. The summed E-state index contributed by atoms with van der Waals surface area (Å²) in [5.41, 5.74) is 5.45. The van der Waals surface area contributed by atoms with Gasteiger partial charge in [-0.2, -0.15) is 0 Å². The molecule has 2 amide bonds. The van der Waals surface area contributed by atoms with E-state index in [4.69, 9.17) is 10.5 Å². The highest BCUT2D eigenvalue weighted by molar-refractivity contribution is 8.18. The van der Waals surface area contributed by atoms with Crippen LogP contribution in [0.2, 0.25) is 0 Å². The Morgan fingerprint density at radius 3 is 2.61 bits per heavy atom. The van der Waals surface area contributed by atoms with Crippen LogP contribution >= 0.6 is 11.8 Å². The molecule has 28 heavy (non-hydrogen) atoms. The smallest absolute Gasteiger partial charge is 0.289 e. The lowest BCUT2D eigenvalue weighted by Crippen LogP contribution is -2.20. The van der Waals surface area contributed by atoms with E-state index < -0.39 is 28.6 Å². The molecular formula is C18H12F3N3O3S. The van der Waals surface area contributed by atoms with Crippen molar-refractivity contribution in [3.05, 3.63) is 64.3 Å². The lowest BCUT2D eigenvalue weighted by atomic mass is 10.2. The van der Waals surface area contributed by atoms with Gasteiger partial charge >= 0.3 is 0 Å². The fraction of sp³-hybridized carbons (Fsp3) is 0.0556. The summed E-state index contributed by atoms with van der Waals surface area (Å²) in [6.07, 6.45) is 1.59. The summed E-state index contributed by atoms with van der Waals surface area (Å²) < 4.78 is 45.0. The second kappa shape index (κ2) is 8.17. The maximum absolute atomic E-state index is 13.4. The Bertz CT molecular complexity index is 1000. The van der Waals surface area contributed by atoms with Crippen LogP contribution in [-0.2, 0) is 4.79 Å². The fourth-order valence-electron chi connectivity index (χ4n) is 2.25. The molecule has 2 aromatic carbocycles. The number of hydrogen-bond donors (Lipinski definition) is 2. The lowest BCUT2D eigenvalue weighted by Gasteiger charge is -2.05. The van der Waals surface area contributed by atoms with Crippen LogP contribution in [0.4, 0.5) is 23.7 Å². The lowest BCUT2D eigenvalue weighted by molar-refractivity contribution is -0.119. The van der Waals surface area contributed by atoms with Crippen molar-refractivity contribution in [2.75, 3.05) is 6.61 Å². The van der Waals surface area contributed by atoms with Gasteiger partial charge in [-0.05, 0) is 35.5 Å². The molecule has 10 heteroatoms. The van der Waals surface area contributed by atoms with Gasteiger partial charge in [-0.15, -0.1) is 0 Å². The van der Waals surface area contributed by atoms with Crippen LogP contribution in [0.1, 0.15) is 5.56 Å². The van der Waals surface area contributed by atoms with Crippen LogP contribution in [0.25, 0.3) is 6.08 Å². The first kappa shape index (κ1) is 19.5. The zero-order valence-corrected chi connectivity index (χ0v) is 14.9. The van der Waals surface area contributed by atoms with Gasteiger partial charge in [-0.25, -0.2) is 18.2 Å². The van der Waals surface area contributed by atoms with Gasteiger partial charge < -0.3 is 15.8 Å². The quantitative estimate of drug-likeness (QED) is 0.742. The standard InChI is InChI=1S/C18H12F3N3O3S/c19-12-6-10(7-13(20)16(12)21)23-17-14(28-18(26)24-17)5-9-2-1-3-11(4-9)27-8-15(22)25/h1-7H,8H2,(H2,22,25)(H,23,24,26)/b14-5-. The molecule has 1 heterocycles. The number of amides is 2. The third-order valence-corrected chi connectivity index (χ3v) is 4.22. The highest BCUT2D eigenvalue weighted by Crippen LogP contribution is 2.30. The molecule has 3 rings (SSSR count). The molecule has 1 fully saturated rings. The van der Waals surface area contributed by atoms with Crippen molar-refractivity contribution in [3.8, 4) is 5.75 Å². The van der Waals surface area contributed by atoms with E-state index in [0.717, 1.165) is 23.9 Å². The number of nitrogens with one attached hydrogen (secondary N) is 1. The predicted octanol–water partition coefficient (Wildman–Crippen LogP) is 3.50. The second-order valence-corrected chi connectivity index (χ2v) is 6.55. The molecule has 0 spiro atoms. The second-order valence-electron chi connectivity index (χ2n) is 5.53. The van der Waals surface area contributed by atoms with Crippen LogP contribution in [0, 0.1) is 17.5 Å². The highest BCUT2D eigenvalue weighted by atomic mass is 32.2. The predicted molar refractivity (Wildman–Crippen MR) is 98.6 cm³/mol. The third-order valence-electron chi connectivity index (χ3n) is 3.40. The minimum Gasteiger partial charge on any atom is -0.484 e. The number of primary amides is 1. The molecule has 1 saturated heterocycles. The Morgan fingerprint density at radius 2 is 1.93 bits per heavy atom. The summed E-state index contributed by atoms with van der Waals surface area (Å²) in [6, 6.07) is 8.04. The van der Waals surface area contributed by atoms with Gasteiger partial charge in [0, 0.05) is 12.1 Å². The maximum Gasteiger partial charge on any atom is 0.289 e. The first-order valence-electron chi connectivity index (χ1n) is 7.77. The number of thioether (sulfide) groups is 1. The zero-order chi connectivity index (χ0) is 20.3. The Hall–Kier alpha value is -3.27. The van der Waals surface area contributed by atoms with E-state index in [-0.39, 0.29) is 18.1 Å². The Kier molecular flexibility index (Phi) is 5.69. The van der Waals surface area contributed by atoms with Crippen LogP contribution in [0.5, 0.6) is 5.75 Å². The largest absolute Gasteiger partial charge is 0.484 e. The maximum atomic E-state index is 13.4. The van der Waals surface area contributed by atoms with Crippen LogP contribution < -0.4 is 15.8 Å². The first-order chi connectivity index (χ1) is 13.3. The number of ether oxygens (including phenoxy) is 1. The number of amidine groups is 1. The van der Waals surface area contributed by atoms with Gasteiger partial charge in [0.05, 0.1) is 10.6 Å². The molecule has 3 N–H and O–H groups in total. The van der Waals surface area contributed by atoms with Gasteiger partial charge in [0.15, 0.2) is 24.1 Å². The average molecular weight is 407 g/mol. The van der Waals surface area contributed by atoms with E-state index in [9.17, 15) is 22.8 Å². The molecular weight excluding hydrogens is 395 g/mol. The van der Waals surface area contributed by atoms with Crippen molar-refractivity contribution >= 4 is 40.5 Å². The molecule has 6 nitrogen and oxygen atoms in total. The summed E-state index contributed by atoms with van der Waals surface area (Å²) in [7, 11) is 0. The van der Waals surface area contributed by atoms with Gasteiger partial charge in [0.25, 0.3) is 11.1 Å².